The summed E-state index contributed by atoms with van der Waals surface area (Å²) in [5.74, 6) is -0.985. The number of hydrogen-bond donors (Lipinski definition) is 2. The lowest BCUT2D eigenvalue weighted by Crippen LogP contribution is -2.13. The molecule has 2 N–H and O–H groups in total. The summed E-state index contributed by atoms with van der Waals surface area (Å²) in [5.41, 5.74) is 0.196. The van der Waals surface area contributed by atoms with Crippen LogP contribution < -0.4 is 14.8 Å². The molecule has 0 saturated heterocycles. The lowest BCUT2D eigenvalue weighted by Gasteiger charge is -2.14. The third-order valence-corrected chi connectivity index (χ3v) is 3.91. The van der Waals surface area contributed by atoms with Crippen molar-refractivity contribution in [2.75, 3.05) is 26.1 Å². The van der Waals surface area contributed by atoms with E-state index in [0.717, 1.165) is 6.42 Å². The predicted octanol–water partition coefficient (Wildman–Crippen LogP) is 3.88. The van der Waals surface area contributed by atoms with E-state index in [2.05, 4.69) is 10.1 Å². The minimum absolute atomic E-state index is 0.0595. The highest BCUT2D eigenvalue weighted by molar-refractivity contribution is 6.32. The summed E-state index contributed by atoms with van der Waals surface area (Å²) in [6.07, 6.45) is 0.789. The number of ether oxygens (including phenoxy) is 3. The van der Waals surface area contributed by atoms with Crippen LogP contribution in [-0.2, 0) is 4.74 Å². The molecule has 0 aliphatic heterocycles. The van der Waals surface area contributed by atoms with Gasteiger partial charge in [-0.25, -0.2) is 4.79 Å². The van der Waals surface area contributed by atoms with Crippen LogP contribution >= 0.6 is 11.6 Å². The number of phenols is 1. The Kier molecular flexibility index (Phi) is 6.90. The predicted molar refractivity (Wildman–Crippen MR) is 101 cm³/mol. The van der Waals surface area contributed by atoms with Crippen molar-refractivity contribution in [3.05, 3.63) is 46.5 Å². The van der Waals surface area contributed by atoms with E-state index in [4.69, 9.17) is 21.1 Å². The first-order valence-corrected chi connectivity index (χ1v) is 8.52. The molecule has 0 aromatic heterocycles. The fourth-order valence-electron chi connectivity index (χ4n) is 2.31. The normalized spacial score (nSPS) is 10.2. The Balaban J connectivity index is 2.31. The van der Waals surface area contributed by atoms with Crippen molar-refractivity contribution in [2.24, 2.45) is 0 Å². The summed E-state index contributed by atoms with van der Waals surface area (Å²) in [6.45, 7) is 2.41. The summed E-state index contributed by atoms with van der Waals surface area (Å²) in [6, 6.07) is 7.27. The van der Waals surface area contributed by atoms with Gasteiger partial charge in [-0.2, -0.15) is 0 Å². The SMILES string of the molecule is CCCOc1c(Cl)cc(C(=O)Nc2cccc(C(=O)OC)c2O)cc1OC. The van der Waals surface area contributed by atoms with Crippen molar-refractivity contribution in [1.82, 2.24) is 0 Å². The van der Waals surface area contributed by atoms with Crippen LogP contribution in [0.25, 0.3) is 0 Å². The molecule has 0 atom stereocenters. The quantitative estimate of drug-likeness (QED) is 0.547. The highest BCUT2D eigenvalue weighted by Crippen LogP contribution is 2.37. The van der Waals surface area contributed by atoms with Gasteiger partial charge < -0.3 is 24.6 Å². The molecule has 1 amide bonds. The lowest BCUT2D eigenvalue weighted by atomic mass is 10.1. The van der Waals surface area contributed by atoms with E-state index in [1.54, 1.807) is 0 Å². The first-order valence-electron chi connectivity index (χ1n) is 8.14. The number of anilines is 1. The number of carbonyl (C=O) groups is 2. The van der Waals surface area contributed by atoms with Crippen LogP contribution in [0.2, 0.25) is 5.02 Å². The van der Waals surface area contributed by atoms with Crippen molar-refractivity contribution in [3.8, 4) is 17.2 Å². The number of carbonyl (C=O) groups excluding carboxylic acids is 2. The molecule has 0 aliphatic carbocycles. The average Bonchev–Trinajstić information content (AvgIpc) is 2.67. The zero-order valence-electron chi connectivity index (χ0n) is 15.2. The smallest absolute Gasteiger partial charge is 0.341 e. The summed E-state index contributed by atoms with van der Waals surface area (Å²) >= 11 is 6.22. The van der Waals surface area contributed by atoms with Crippen molar-refractivity contribution in [2.45, 2.75) is 13.3 Å². The third-order valence-electron chi connectivity index (χ3n) is 3.63. The number of nitrogens with one attached hydrogen (secondary N) is 1. The summed E-state index contributed by atoms with van der Waals surface area (Å²) in [5, 5.41) is 13.0. The van der Waals surface area contributed by atoms with Crippen molar-refractivity contribution in [3.63, 3.8) is 0 Å². The van der Waals surface area contributed by atoms with Crippen LogP contribution in [0.5, 0.6) is 17.2 Å². The summed E-state index contributed by atoms with van der Waals surface area (Å²) in [4.78, 5) is 24.2. The number of rotatable bonds is 7. The number of para-hydroxylation sites is 1. The maximum Gasteiger partial charge on any atom is 0.341 e. The monoisotopic (exact) mass is 393 g/mol. The summed E-state index contributed by atoms with van der Waals surface area (Å²) < 4.78 is 15.4. The first-order chi connectivity index (χ1) is 12.9. The van der Waals surface area contributed by atoms with Gasteiger partial charge in [0, 0.05) is 5.56 Å². The molecule has 27 heavy (non-hydrogen) atoms. The van der Waals surface area contributed by atoms with Crippen LogP contribution in [0.4, 0.5) is 5.69 Å². The van der Waals surface area contributed by atoms with Gasteiger partial charge in [-0.3, -0.25) is 4.79 Å². The number of halogens is 1. The molecule has 0 spiro atoms. The van der Waals surface area contributed by atoms with Crippen LogP contribution in [0, 0.1) is 0 Å². The second-order valence-electron chi connectivity index (χ2n) is 5.49. The lowest BCUT2D eigenvalue weighted by molar-refractivity contribution is 0.0597. The second kappa shape index (κ2) is 9.14. The molecule has 2 aromatic rings. The highest BCUT2D eigenvalue weighted by atomic mass is 35.5. The maximum absolute atomic E-state index is 12.6. The minimum Gasteiger partial charge on any atom is -0.505 e. The molecule has 0 aliphatic rings. The Labute approximate surface area is 161 Å². The van der Waals surface area contributed by atoms with Crippen molar-refractivity contribution < 1.29 is 28.9 Å². The molecule has 8 heteroatoms. The third kappa shape index (κ3) is 4.62. The fraction of sp³-hybridized carbons (Fsp3) is 0.263. The Morgan fingerprint density at radius 3 is 2.59 bits per heavy atom. The fourth-order valence-corrected chi connectivity index (χ4v) is 2.57. The summed E-state index contributed by atoms with van der Waals surface area (Å²) in [7, 11) is 2.64. The maximum atomic E-state index is 12.6. The first kappa shape index (κ1) is 20.4. The van der Waals surface area contributed by atoms with E-state index in [-0.39, 0.29) is 21.8 Å². The highest BCUT2D eigenvalue weighted by Gasteiger charge is 2.19. The van der Waals surface area contributed by atoms with Gasteiger partial charge in [0.2, 0.25) is 0 Å². The Morgan fingerprint density at radius 1 is 1.22 bits per heavy atom. The van der Waals surface area contributed by atoms with E-state index < -0.39 is 17.6 Å². The van der Waals surface area contributed by atoms with E-state index in [1.807, 2.05) is 6.92 Å². The second-order valence-corrected chi connectivity index (χ2v) is 5.89. The van der Waals surface area contributed by atoms with Gasteiger partial charge in [-0.05, 0) is 30.7 Å². The molecular formula is C19H20ClNO6. The minimum atomic E-state index is -0.717. The number of amides is 1. The average molecular weight is 394 g/mol. The van der Waals surface area contributed by atoms with Gasteiger partial charge >= 0.3 is 5.97 Å². The molecule has 144 valence electrons. The van der Waals surface area contributed by atoms with Gasteiger partial charge in [-0.1, -0.05) is 24.6 Å². The number of aromatic hydroxyl groups is 1. The number of esters is 1. The molecule has 0 unspecified atom stereocenters. The van der Waals surface area contributed by atoms with E-state index in [1.165, 1.54) is 44.6 Å². The van der Waals surface area contributed by atoms with Gasteiger partial charge in [0.15, 0.2) is 17.2 Å². The zero-order chi connectivity index (χ0) is 20.0. The van der Waals surface area contributed by atoms with Crippen LogP contribution in [0.1, 0.15) is 34.1 Å². The van der Waals surface area contributed by atoms with Gasteiger partial charge in [0.05, 0.1) is 31.5 Å². The topological polar surface area (TPSA) is 94.1 Å². The zero-order valence-corrected chi connectivity index (χ0v) is 15.9. The molecule has 2 aromatic carbocycles. The molecule has 2 rings (SSSR count). The molecule has 0 radical (unpaired) electrons. The van der Waals surface area contributed by atoms with E-state index >= 15 is 0 Å². The largest absolute Gasteiger partial charge is 0.505 e. The number of benzene rings is 2. The van der Waals surface area contributed by atoms with Crippen molar-refractivity contribution >= 4 is 29.2 Å². The van der Waals surface area contributed by atoms with E-state index in [0.29, 0.717) is 18.1 Å². The standard InChI is InChI=1S/C19H20ClNO6/c1-4-8-27-17-13(20)9-11(10-15(17)25-2)18(23)21-14-7-5-6-12(16(14)22)19(24)26-3/h5-7,9-10,22H,4,8H2,1-3H3,(H,21,23). The number of hydrogen-bond acceptors (Lipinski definition) is 6. The van der Waals surface area contributed by atoms with Crippen LogP contribution in [-0.4, -0.2) is 37.8 Å². The van der Waals surface area contributed by atoms with E-state index in [9.17, 15) is 14.7 Å². The molecule has 0 fully saturated rings. The van der Waals surface area contributed by atoms with Gasteiger partial charge in [-0.15, -0.1) is 0 Å². The van der Waals surface area contributed by atoms with Gasteiger partial charge in [0.1, 0.15) is 5.56 Å². The Morgan fingerprint density at radius 2 is 1.96 bits per heavy atom. The van der Waals surface area contributed by atoms with Crippen molar-refractivity contribution in [1.29, 1.82) is 0 Å². The van der Waals surface area contributed by atoms with Gasteiger partial charge in [0.25, 0.3) is 5.91 Å². The molecule has 0 bridgehead atoms. The molecule has 0 heterocycles. The molecule has 7 nitrogen and oxygen atoms in total. The number of phenolic OH excluding ortho intramolecular Hbond substituents is 1. The Bertz CT molecular complexity index is 852. The number of methoxy groups -OCH3 is 2. The molecular weight excluding hydrogens is 374 g/mol. The molecule has 0 saturated carbocycles. The van der Waals surface area contributed by atoms with Crippen LogP contribution in [0.3, 0.4) is 0 Å². The Hall–Kier alpha value is -2.93. The van der Waals surface area contributed by atoms with Crippen LogP contribution in [0.15, 0.2) is 30.3 Å².